The number of esters is 1. The monoisotopic (exact) mass is 327 g/mol. The van der Waals surface area contributed by atoms with Gasteiger partial charge < -0.3 is 19.7 Å². The van der Waals surface area contributed by atoms with E-state index in [4.69, 9.17) is 4.74 Å². The van der Waals surface area contributed by atoms with Crippen LogP contribution in [0.25, 0.3) is 0 Å². The maximum atomic E-state index is 12.4. The lowest BCUT2D eigenvalue weighted by Crippen LogP contribution is -2.52. The number of fused-ring (bicyclic) bond motifs is 1. The molecule has 2 heterocycles. The van der Waals surface area contributed by atoms with Crippen molar-refractivity contribution in [2.45, 2.75) is 37.4 Å². The fourth-order valence-electron chi connectivity index (χ4n) is 3.43. The molecule has 0 aliphatic carbocycles. The molecule has 3 unspecified atom stereocenters. The lowest BCUT2D eigenvalue weighted by molar-refractivity contribution is -0.141. The third-order valence-electron chi connectivity index (χ3n) is 4.74. The molecule has 2 rings (SSSR count). The van der Waals surface area contributed by atoms with Crippen LogP contribution in [-0.4, -0.2) is 86.7 Å². The number of methoxy groups -OCH3 is 2. The zero-order valence-electron chi connectivity index (χ0n) is 13.9. The lowest BCUT2D eigenvalue weighted by Gasteiger charge is -2.32. The summed E-state index contributed by atoms with van der Waals surface area (Å²) in [7, 11) is 4.78. The predicted molar refractivity (Wildman–Crippen MR) is 81.6 cm³/mol. The van der Waals surface area contributed by atoms with Crippen LogP contribution in [0.3, 0.4) is 0 Å². The van der Waals surface area contributed by atoms with E-state index in [0.29, 0.717) is 25.9 Å². The number of rotatable bonds is 5. The van der Waals surface area contributed by atoms with Crippen molar-refractivity contribution in [1.82, 2.24) is 15.1 Å². The molecule has 1 N–H and O–H groups in total. The summed E-state index contributed by atoms with van der Waals surface area (Å²) >= 11 is 0. The summed E-state index contributed by atoms with van der Waals surface area (Å²) in [5.41, 5.74) is 0. The summed E-state index contributed by atoms with van der Waals surface area (Å²) in [5.74, 6) is -0.560. The highest BCUT2D eigenvalue weighted by Gasteiger charge is 2.46. The topological polar surface area (TPSA) is 88.2 Å². The van der Waals surface area contributed by atoms with E-state index in [-0.39, 0.29) is 36.5 Å². The Morgan fingerprint density at radius 1 is 1.35 bits per heavy atom. The second-order valence-electron chi connectivity index (χ2n) is 6.00. The van der Waals surface area contributed by atoms with Gasteiger partial charge in [0.05, 0.1) is 7.11 Å². The molecule has 23 heavy (non-hydrogen) atoms. The van der Waals surface area contributed by atoms with Gasteiger partial charge >= 0.3 is 5.97 Å². The van der Waals surface area contributed by atoms with Crippen LogP contribution in [-0.2, 0) is 23.9 Å². The van der Waals surface area contributed by atoms with E-state index in [9.17, 15) is 14.4 Å². The van der Waals surface area contributed by atoms with Crippen LogP contribution in [0.4, 0.5) is 0 Å². The van der Waals surface area contributed by atoms with Crippen LogP contribution in [0, 0.1) is 0 Å². The van der Waals surface area contributed by atoms with Crippen molar-refractivity contribution in [3.8, 4) is 0 Å². The zero-order chi connectivity index (χ0) is 17.0. The van der Waals surface area contributed by atoms with Crippen molar-refractivity contribution in [3.63, 3.8) is 0 Å². The van der Waals surface area contributed by atoms with E-state index in [2.05, 4.69) is 15.0 Å². The Morgan fingerprint density at radius 2 is 2.09 bits per heavy atom. The highest BCUT2D eigenvalue weighted by molar-refractivity contribution is 5.89. The van der Waals surface area contributed by atoms with E-state index in [0.717, 1.165) is 6.42 Å². The number of carbonyl (C=O) groups is 3. The summed E-state index contributed by atoms with van der Waals surface area (Å²) < 4.78 is 9.58. The van der Waals surface area contributed by atoms with Crippen molar-refractivity contribution in [3.05, 3.63) is 0 Å². The quantitative estimate of drug-likeness (QED) is 0.651. The minimum Gasteiger partial charge on any atom is -0.469 e. The van der Waals surface area contributed by atoms with Gasteiger partial charge in [-0.05, 0) is 19.9 Å². The zero-order valence-corrected chi connectivity index (χ0v) is 13.9. The molecule has 0 saturated carbocycles. The Morgan fingerprint density at radius 3 is 2.74 bits per heavy atom. The van der Waals surface area contributed by atoms with Crippen molar-refractivity contribution >= 4 is 17.8 Å². The first-order valence-electron chi connectivity index (χ1n) is 7.84. The van der Waals surface area contributed by atoms with Crippen LogP contribution < -0.4 is 5.32 Å². The number of hydrogen-bond donors (Lipinski definition) is 1. The minimum atomic E-state index is -0.495. The molecule has 0 bridgehead atoms. The van der Waals surface area contributed by atoms with E-state index < -0.39 is 6.04 Å². The Bertz CT molecular complexity index is 470. The van der Waals surface area contributed by atoms with E-state index in [1.165, 1.54) is 14.2 Å². The molecule has 2 saturated heterocycles. The lowest BCUT2D eigenvalue weighted by atomic mass is 10.0. The molecule has 0 aromatic heterocycles. The second kappa shape index (κ2) is 7.74. The van der Waals surface area contributed by atoms with Gasteiger partial charge in [-0.3, -0.25) is 19.3 Å². The van der Waals surface area contributed by atoms with Crippen molar-refractivity contribution in [2.75, 3.05) is 41.0 Å². The number of amides is 2. The van der Waals surface area contributed by atoms with Gasteiger partial charge in [-0.1, -0.05) is 0 Å². The van der Waals surface area contributed by atoms with E-state index >= 15 is 0 Å². The normalized spacial score (nSPS) is 28.0. The Hall–Kier alpha value is -1.67. The van der Waals surface area contributed by atoms with Crippen molar-refractivity contribution in [2.24, 2.45) is 0 Å². The second-order valence-corrected chi connectivity index (χ2v) is 6.00. The fourth-order valence-corrected chi connectivity index (χ4v) is 3.43. The Kier molecular flexibility index (Phi) is 5.95. The third-order valence-corrected chi connectivity index (χ3v) is 4.74. The van der Waals surface area contributed by atoms with Crippen LogP contribution in [0.5, 0.6) is 0 Å². The molecule has 0 aromatic rings. The Labute approximate surface area is 136 Å². The molecule has 8 heteroatoms. The van der Waals surface area contributed by atoms with Crippen LogP contribution in [0.15, 0.2) is 0 Å². The summed E-state index contributed by atoms with van der Waals surface area (Å²) in [5, 5.41) is 2.90. The maximum Gasteiger partial charge on any atom is 0.305 e. The van der Waals surface area contributed by atoms with E-state index in [1.54, 1.807) is 4.90 Å². The molecule has 8 nitrogen and oxygen atoms in total. The van der Waals surface area contributed by atoms with Gasteiger partial charge in [0, 0.05) is 38.7 Å². The first kappa shape index (κ1) is 17.7. The molecule has 130 valence electrons. The van der Waals surface area contributed by atoms with Crippen LogP contribution >= 0.6 is 0 Å². The van der Waals surface area contributed by atoms with Gasteiger partial charge in [0.15, 0.2) is 0 Å². The molecule has 0 radical (unpaired) electrons. The summed E-state index contributed by atoms with van der Waals surface area (Å²) in [4.78, 5) is 39.7. The molecule has 2 amide bonds. The van der Waals surface area contributed by atoms with Gasteiger partial charge in [-0.2, -0.15) is 0 Å². The highest BCUT2D eigenvalue weighted by atomic mass is 16.5. The van der Waals surface area contributed by atoms with Crippen molar-refractivity contribution in [1.29, 1.82) is 0 Å². The number of likely N-dealkylation sites (N-methyl/N-ethyl adjacent to an activating group) is 1. The fraction of sp³-hybridized carbons (Fsp3) is 0.800. The smallest absolute Gasteiger partial charge is 0.305 e. The first-order chi connectivity index (χ1) is 11.0. The summed E-state index contributed by atoms with van der Waals surface area (Å²) in [6, 6.07) is -0.489. The van der Waals surface area contributed by atoms with Gasteiger partial charge in [-0.15, -0.1) is 0 Å². The molecule has 2 fully saturated rings. The predicted octanol–water partition coefficient (Wildman–Crippen LogP) is -1.01. The average Bonchev–Trinajstić information content (AvgIpc) is 2.94. The van der Waals surface area contributed by atoms with Crippen molar-refractivity contribution < 1.29 is 23.9 Å². The summed E-state index contributed by atoms with van der Waals surface area (Å²) in [6.45, 7) is 0.983. The molecule has 2 aliphatic heterocycles. The Balaban J connectivity index is 2.08. The number of nitrogens with zero attached hydrogens (tertiary/aromatic N) is 2. The number of ether oxygens (including phenoxy) is 2. The largest absolute Gasteiger partial charge is 0.469 e. The molecule has 0 spiro atoms. The summed E-state index contributed by atoms with van der Waals surface area (Å²) in [6.07, 6.45) is 1.66. The number of hydrogen-bond acceptors (Lipinski definition) is 6. The third kappa shape index (κ3) is 3.81. The van der Waals surface area contributed by atoms with Gasteiger partial charge in [0.2, 0.25) is 11.8 Å². The molecular weight excluding hydrogens is 302 g/mol. The SMILES string of the molecule is COCC(=O)N1CCC2C1C(=O)NCC(CCC(=O)OC)N2C. The standard InChI is InChI=1S/C15H25N3O5/c1-17-10(4-5-13(20)23-3)8-16-15(21)14-11(17)6-7-18(14)12(19)9-22-2/h10-11,14H,4-9H2,1-3H3,(H,16,21). The highest BCUT2D eigenvalue weighted by Crippen LogP contribution is 2.27. The molecule has 0 aromatic carbocycles. The maximum absolute atomic E-state index is 12.4. The van der Waals surface area contributed by atoms with Crippen LogP contribution in [0.2, 0.25) is 0 Å². The number of carbonyl (C=O) groups excluding carboxylic acids is 3. The average molecular weight is 327 g/mol. The van der Waals surface area contributed by atoms with Gasteiger partial charge in [0.25, 0.3) is 0 Å². The number of nitrogens with one attached hydrogen (secondary N) is 1. The molecular formula is C15H25N3O5. The first-order valence-corrected chi connectivity index (χ1v) is 7.84. The molecule has 3 atom stereocenters. The van der Waals surface area contributed by atoms with Crippen LogP contribution in [0.1, 0.15) is 19.3 Å². The van der Waals surface area contributed by atoms with E-state index in [1.807, 2.05) is 7.05 Å². The van der Waals surface area contributed by atoms with Gasteiger partial charge in [0.1, 0.15) is 12.6 Å². The minimum absolute atomic E-state index is 0.0218. The molecule has 2 aliphatic rings. The van der Waals surface area contributed by atoms with Gasteiger partial charge in [-0.25, -0.2) is 0 Å². The number of likely N-dealkylation sites (tertiary alicyclic amines) is 1.